The molecule has 5 amide bonds. The van der Waals surface area contributed by atoms with E-state index in [-0.39, 0.29) is 129 Å². The summed E-state index contributed by atoms with van der Waals surface area (Å²) in [4.78, 5) is 118. The molecule has 4 heterocycles. The minimum atomic E-state index is -1.83. The number of aromatic hydroxyl groups is 2. The van der Waals surface area contributed by atoms with Crippen molar-refractivity contribution in [2.45, 2.75) is 146 Å². The number of rotatable bonds is 25. The smallest absolute Gasteiger partial charge is 0.412 e. The van der Waals surface area contributed by atoms with Crippen molar-refractivity contribution in [3.8, 4) is 23.0 Å². The molecule has 0 aromatic heterocycles. The first-order chi connectivity index (χ1) is 42.2. The van der Waals surface area contributed by atoms with Crippen LogP contribution in [0.2, 0.25) is 0 Å². The summed E-state index contributed by atoms with van der Waals surface area (Å²) in [5.41, 5.74) is -0.664. The molecule has 88 heavy (non-hydrogen) atoms. The molecule has 9 rings (SSSR count). The van der Waals surface area contributed by atoms with Crippen LogP contribution in [-0.4, -0.2) is 200 Å². The second-order valence-corrected chi connectivity index (χ2v) is 22.2. The van der Waals surface area contributed by atoms with E-state index in [1.165, 1.54) is 60.6 Å². The first-order valence-electron chi connectivity index (χ1n) is 29.1. The SMILES string of the molecule is COc1cccc2c1C(=O)c1c(O)c3c(c(O)c1C2=O)C[C@@H](C(=O)CO)CC3OC1CC(NCCCC2OCCN2C(=O)OCc2ccc(O[C@H]3C[C@@H](O)[C@H](O)[C@@H](C(=O)O)O3)c(NC(=O)CCNC(=O)CCCCCN3C(=O)C=CC3=O)c2)C(O)C(C)O1. The van der Waals surface area contributed by atoms with E-state index in [0.29, 0.717) is 44.2 Å². The van der Waals surface area contributed by atoms with E-state index in [1.807, 2.05) is 0 Å². The van der Waals surface area contributed by atoms with Crippen molar-refractivity contribution in [1.29, 1.82) is 0 Å². The predicted octanol–water partition coefficient (Wildman–Crippen LogP) is 1.52. The first kappa shape index (κ1) is 64.5. The number of hydrogen-bond donors (Lipinski definition) is 10. The molecule has 6 aliphatic rings. The third-order valence-electron chi connectivity index (χ3n) is 16.4. The average molecular weight is 1230 g/mol. The Morgan fingerprint density at radius 3 is 2.30 bits per heavy atom. The molecule has 10 N–H and O–H groups in total. The third-order valence-corrected chi connectivity index (χ3v) is 16.4. The minimum Gasteiger partial charge on any atom is -0.507 e. The molecule has 0 radical (unpaired) electrons. The van der Waals surface area contributed by atoms with Crippen LogP contribution in [0, 0.1) is 5.92 Å². The van der Waals surface area contributed by atoms with Gasteiger partial charge in [-0.3, -0.25) is 43.4 Å². The Morgan fingerprint density at radius 2 is 1.56 bits per heavy atom. The molecule has 28 heteroatoms. The van der Waals surface area contributed by atoms with Crippen LogP contribution in [-0.2, 0) is 65.5 Å². The van der Waals surface area contributed by atoms with Crippen LogP contribution in [0.15, 0.2) is 48.6 Å². The zero-order valence-corrected chi connectivity index (χ0v) is 48.3. The van der Waals surface area contributed by atoms with Gasteiger partial charge in [-0.1, -0.05) is 24.6 Å². The van der Waals surface area contributed by atoms with Gasteiger partial charge in [-0.05, 0) is 75.8 Å². The lowest BCUT2D eigenvalue weighted by Crippen LogP contribution is -2.54. The van der Waals surface area contributed by atoms with E-state index in [0.717, 1.165) is 4.90 Å². The number of phenolic OH excluding ortho intramolecular Hbond substituents is 2. The Morgan fingerprint density at radius 1 is 0.795 bits per heavy atom. The van der Waals surface area contributed by atoms with Crippen LogP contribution in [0.1, 0.15) is 126 Å². The fraction of sp³-hybridized carbons (Fsp3) is 0.517. The van der Waals surface area contributed by atoms with Gasteiger partial charge in [0.1, 0.15) is 48.5 Å². The normalized spacial score (nSPS) is 25.6. The molecule has 2 aliphatic carbocycles. The van der Waals surface area contributed by atoms with Crippen LogP contribution in [0.25, 0.3) is 0 Å². The second-order valence-electron chi connectivity index (χ2n) is 22.2. The van der Waals surface area contributed by atoms with Crippen LogP contribution < -0.4 is 25.4 Å². The number of carbonyl (C=O) groups excluding carboxylic acids is 8. The Labute approximate surface area is 503 Å². The molecule has 3 aromatic carbocycles. The molecule has 4 aliphatic heterocycles. The number of ketones is 3. The van der Waals surface area contributed by atoms with Crippen molar-refractivity contribution >= 4 is 58.7 Å². The van der Waals surface area contributed by atoms with E-state index in [2.05, 4.69) is 16.0 Å². The topological polar surface area (TPSA) is 402 Å². The summed E-state index contributed by atoms with van der Waals surface area (Å²) in [5, 5.41) is 83.7. The first-order valence-corrected chi connectivity index (χ1v) is 29.1. The van der Waals surface area contributed by atoms with Crippen molar-refractivity contribution in [1.82, 2.24) is 20.4 Å². The van der Waals surface area contributed by atoms with Crippen LogP contribution in [0.3, 0.4) is 0 Å². The lowest BCUT2D eigenvalue weighted by molar-refractivity contribution is -0.246. The molecule has 474 valence electrons. The molecular weight excluding hydrogens is 1160 g/mol. The maximum Gasteiger partial charge on any atom is 0.412 e. The highest BCUT2D eigenvalue weighted by molar-refractivity contribution is 6.31. The van der Waals surface area contributed by atoms with Crippen molar-refractivity contribution < 1.29 is 112 Å². The third kappa shape index (κ3) is 14.3. The zero-order valence-electron chi connectivity index (χ0n) is 48.3. The number of anilines is 1. The molecule has 6 unspecified atom stereocenters. The quantitative estimate of drug-likeness (QED) is 0.0255. The van der Waals surface area contributed by atoms with Crippen molar-refractivity contribution in [2.24, 2.45) is 5.92 Å². The summed E-state index contributed by atoms with van der Waals surface area (Å²) < 4.78 is 40.9. The molecule has 0 saturated carbocycles. The highest BCUT2D eigenvalue weighted by Gasteiger charge is 2.47. The van der Waals surface area contributed by atoms with Gasteiger partial charge in [0.15, 0.2) is 24.0 Å². The summed E-state index contributed by atoms with van der Waals surface area (Å²) in [5.74, 6) is -7.43. The van der Waals surface area contributed by atoms with Gasteiger partial charge in [-0.25, -0.2) is 9.59 Å². The summed E-state index contributed by atoms with van der Waals surface area (Å²) in [7, 11) is 1.32. The summed E-state index contributed by atoms with van der Waals surface area (Å²) in [6.07, 6.45) is -8.01. The maximum atomic E-state index is 14.1. The van der Waals surface area contributed by atoms with Gasteiger partial charge in [0.25, 0.3) is 11.8 Å². The van der Waals surface area contributed by atoms with Gasteiger partial charge in [-0.2, -0.15) is 0 Å². The number of hydrogen-bond acceptors (Lipinski definition) is 23. The van der Waals surface area contributed by atoms with Gasteiger partial charge in [-0.15, -0.1) is 0 Å². The van der Waals surface area contributed by atoms with E-state index in [4.69, 9.17) is 33.2 Å². The molecule has 3 aromatic rings. The van der Waals surface area contributed by atoms with E-state index < -0.39 is 132 Å². The average Bonchev–Trinajstić information content (AvgIpc) is 0.865. The number of Topliss-reactive ketones (excluding diaryl/α,β-unsaturated/α-hetero) is 1. The molecule has 0 bridgehead atoms. The van der Waals surface area contributed by atoms with E-state index in [1.54, 1.807) is 6.92 Å². The summed E-state index contributed by atoms with van der Waals surface area (Å²) in [6, 6.07) is 8.11. The van der Waals surface area contributed by atoms with Crippen LogP contribution in [0.4, 0.5) is 10.5 Å². The standard InChI is InChI=1S/C60H71N5O23/c1-29-52(73)35(25-46(85-29)87-40-24-31(37(68)27-66)23-33-49(40)57(78)51-50(54(33)75)53(74)32-8-6-9-39(82-2)48(32)56(51)77)61-17-7-11-45-65(20-21-83-45)60(81)84-28-30-12-13-38(86-47-26-36(67)55(76)58(88-47)59(79)80)34(22-30)63-42(70)16-18-62-41(69)10-4-3-5-19-64-43(71)14-15-44(64)72/h6,8-9,12-15,22,29,31,35-36,40,45-47,52,55,58,61,66-67,73,75-76,78H,3-5,7,10-11,16-21,23-28H2,1-2H3,(H,62,69)(H,63,70)(H,79,80)/t29?,31-,35?,36-,40?,45?,46?,47-,52?,55+,58+/m1/s1. The Kier molecular flexibility index (Phi) is 20.9. The molecule has 11 atom stereocenters. The number of methoxy groups -OCH3 is 1. The van der Waals surface area contributed by atoms with Crippen LogP contribution >= 0.6 is 0 Å². The lowest BCUT2D eigenvalue weighted by atomic mass is 9.73. The molecular formula is C60H71N5O23. The second kappa shape index (κ2) is 28.5. The molecule has 3 saturated heterocycles. The number of unbranched alkanes of at least 4 members (excludes halogenated alkanes) is 2. The lowest BCUT2D eigenvalue weighted by Gasteiger charge is -2.41. The van der Waals surface area contributed by atoms with Crippen LogP contribution in [0.5, 0.6) is 23.0 Å². The number of nitrogens with zero attached hydrogens (tertiary/aromatic N) is 2. The number of aliphatic carboxylic acids is 1. The number of fused-ring (bicyclic) bond motifs is 3. The number of benzene rings is 3. The number of carbonyl (C=O) groups is 9. The summed E-state index contributed by atoms with van der Waals surface area (Å²) >= 11 is 0. The predicted molar refractivity (Wildman–Crippen MR) is 301 cm³/mol. The highest BCUT2D eigenvalue weighted by Crippen LogP contribution is 2.52. The molecule has 28 nitrogen and oxygen atoms in total. The number of aliphatic hydroxyl groups excluding tert-OH is 4. The van der Waals surface area contributed by atoms with Gasteiger partial charge in [0.05, 0.1) is 67.1 Å². The van der Waals surface area contributed by atoms with Gasteiger partial charge in [0.2, 0.25) is 23.9 Å². The largest absolute Gasteiger partial charge is 0.507 e. The summed E-state index contributed by atoms with van der Waals surface area (Å²) in [6.45, 7) is 1.35. The number of phenols is 2. The van der Waals surface area contributed by atoms with Crippen molar-refractivity contribution in [3.05, 3.63) is 87.5 Å². The minimum absolute atomic E-state index is 0.00442. The number of imide groups is 1. The Bertz CT molecular complexity index is 3210. The van der Waals surface area contributed by atoms with E-state index in [9.17, 15) is 78.9 Å². The van der Waals surface area contributed by atoms with Gasteiger partial charge >= 0.3 is 12.1 Å². The van der Waals surface area contributed by atoms with Crippen molar-refractivity contribution in [2.75, 3.05) is 51.8 Å². The fourth-order valence-electron chi connectivity index (χ4n) is 11.8. The number of carboxylic acid groups (broad SMARTS) is 1. The van der Waals surface area contributed by atoms with Gasteiger partial charge < -0.3 is 84.9 Å². The van der Waals surface area contributed by atoms with Gasteiger partial charge in [0, 0.05) is 79.6 Å². The van der Waals surface area contributed by atoms with E-state index >= 15 is 0 Å². The number of nitrogens with one attached hydrogen (secondary N) is 3. The Hall–Kier alpha value is -7.93. The number of ether oxygens (including phenoxy) is 7. The number of amides is 5. The monoisotopic (exact) mass is 1230 g/mol. The highest BCUT2D eigenvalue weighted by atomic mass is 16.7. The Balaban J connectivity index is 0.787. The number of carboxylic acids is 1. The molecule has 0 spiro atoms. The molecule has 3 fully saturated rings. The van der Waals surface area contributed by atoms with Crippen molar-refractivity contribution in [3.63, 3.8) is 0 Å². The zero-order chi connectivity index (χ0) is 63.1. The number of aliphatic hydroxyl groups is 4. The fourth-order valence-corrected chi connectivity index (χ4v) is 11.8. The maximum absolute atomic E-state index is 14.1.